The third-order valence-corrected chi connectivity index (χ3v) is 6.45. The molecule has 0 bridgehead atoms. The number of hydrogen-bond donors (Lipinski definition) is 0. The summed E-state index contributed by atoms with van der Waals surface area (Å²) in [5.74, 6) is 1.07. The highest BCUT2D eigenvalue weighted by molar-refractivity contribution is 5.97. The van der Waals surface area contributed by atoms with Crippen molar-refractivity contribution in [1.82, 2.24) is 0 Å². The van der Waals surface area contributed by atoms with Crippen LogP contribution in [-0.2, 0) is 15.1 Å². The van der Waals surface area contributed by atoms with Gasteiger partial charge in [-0.25, -0.2) is 4.79 Å². The number of aryl methyl sites for hydroxylation is 1. The van der Waals surface area contributed by atoms with Gasteiger partial charge in [-0.1, -0.05) is 32.0 Å². The summed E-state index contributed by atoms with van der Waals surface area (Å²) in [7, 11) is 0. The Morgan fingerprint density at radius 1 is 0.912 bits per heavy atom. The summed E-state index contributed by atoms with van der Waals surface area (Å²) in [4.78, 5) is 25.6. The Bertz CT molecular complexity index is 1350. The predicted molar refractivity (Wildman–Crippen MR) is 129 cm³/mol. The molecule has 1 spiro atoms. The van der Waals surface area contributed by atoms with E-state index in [1.165, 1.54) is 0 Å². The summed E-state index contributed by atoms with van der Waals surface area (Å²) in [6, 6.07) is 17.0. The van der Waals surface area contributed by atoms with E-state index in [-0.39, 0.29) is 17.9 Å². The van der Waals surface area contributed by atoms with Gasteiger partial charge in [-0.2, -0.15) is 0 Å². The zero-order valence-corrected chi connectivity index (χ0v) is 20.3. The van der Waals surface area contributed by atoms with Crippen LogP contribution in [0.3, 0.4) is 0 Å². The number of ether oxygens (including phenoxy) is 3. The van der Waals surface area contributed by atoms with Crippen LogP contribution in [-0.4, -0.2) is 11.9 Å². The van der Waals surface area contributed by atoms with E-state index in [0.717, 1.165) is 22.3 Å². The highest BCUT2D eigenvalue weighted by Crippen LogP contribution is 2.57. The average Bonchev–Trinajstić information content (AvgIpc) is 3.05. The zero-order chi connectivity index (χ0) is 24.4. The molecule has 0 aromatic heterocycles. The molecule has 0 aliphatic carbocycles. The number of hydrogen-bond acceptors (Lipinski definition) is 5. The van der Waals surface area contributed by atoms with Crippen molar-refractivity contribution in [2.75, 3.05) is 0 Å². The molecule has 0 radical (unpaired) electrons. The van der Waals surface area contributed by atoms with Crippen molar-refractivity contribution in [3.63, 3.8) is 0 Å². The zero-order valence-electron chi connectivity index (χ0n) is 20.3. The molecule has 0 N–H and O–H groups in total. The van der Waals surface area contributed by atoms with Crippen LogP contribution < -0.4 is 9.47 Å². The lowest BCUT2D eigenvalue weighted by molar-refractivity contribution is -0.143. The summed E-state index contributed by atoms with van der Waals surface area (Å²) in [6.45, 7) is 11.6. The highest BCUT2D eigenvalue weighted by Gasteiger charge is 2.53. The number of benzene rings is 3. The van der Waals surface area contributed by atoms with Gasteiger partial charge in [0.1, 0.15) is 17.2 Å². The van der Waals surface area contributed by atoms with Gasteiger partial charge in [0.05, 0.1) is 11.0 Å². The maximum Gasteiger partial charge on any atom is 0.340 e. The molecule has 3 aromatic carbocycles. The second-order valence-corrected chi connectivity index (χ2v) is 10.4. The van der Waals surface area contributed by atoms with Crippen LogP contribution in [0, 0.1) is 12.3 Å². The Hall–Kier alpha value is -3.60. The van der Waals surface area contributed by atoms with Crippen LogP contribution in [0.25, 0.3) is 0 Å². The molecule has 5 nitrogen and oxygen atoms in total. The first-order valence-corrected chi connectivity index (χ1v) is 11.5. The van der Waals surface area contributed by atoms with Crippen molar-refractivity contribution in [2.45, 2.75) is 53.1 Å². The smallest absolute Gasteiger partial charge is 0.340 e. The fourth-order valence-corrected chi connectivity index (χ4v) is 4.51. The molecule has 1 unspecified atom stereocenters. The van der Waals surface area contributed by atoms with Crippen molar-refractivity contribution < 1.29 is 23.8 Å². The van der Waals surface area contributed by atoms with Gasteiger partial charge in [0.25, 0.3) is 0 Å². The fraction of sp³-hybridized carbons (Fsp3) is 0.310. The SMILES string of the molecule is Cc1ccc2c(c1)Oc1cc(OC(=O)C(C)(C)C)ccc1C21OC(=O)c2ccc(C(C)C)cc21. The van der Waals surface area contributed by atoms with Crippen molar-refractivity contribution in [3.8, 4) is 17.2 Å². The molecule has 5 rings (SSSR count). The van der Waals surface area contributed by atoms with Crippen molar-refractivity contribution >= 4 is 11.9 Å². The largest absolute Gasteiger partial charge is 0.456 e. The number of esters is 2. The van der Waals surface area contributed by atoms with Crippen molar-refractivity contribution in [2.24, 2.45) is 5.41 Å². The molecule has 0 saturated heterocycles. The first kappa shape index (κ1) is 22.2. The van der Waals surface area contributed by atoms with E-state index in [0.29, 0.717) is 28.4 Å². The summed E-state index contributed by atoms with van der Waals surface area (Å²) >= 11 is 0. The maximum atomic E-state index is 13.1. The second-order valence-electron chi connectivity index (χ2n) is 10.4. The molecule has 3 aromatic rings. The Morgan fingerprint density at radius 2 is 1.59 bits per heavy atom. The van der Waals surface area contributed by atoms with Crippen molar-refractivity contribution in [1.29, 1.82) is 0 Å². The lowest BCUT2D eigenvalue weighted by atomic mass is 9.76. The van der Waals surface area contributed by atoms with E-state index >= 15 is 0 Å². The number of fused-ring (bicyclic) bond motifs is 6. The van der Waals surface area contributed by atoms with Crippen LogP contribution in [0.5, 0.6) is 17.2 Å². The van der Waals surface area contributed by atoms with Gasteiger partial charge in [0.2, 0.25) is 0 Å². The van der Waals surface area contributed by atoms with Gasteiger partial charge in [-0.15, -0.1) is 0 Å². The molecule has 0 amide bonds. The van der Waals surface area contributed by atoms with Gasteiger partial charge in [-0.3, -0.25) is 4.79 Å². The van der Waals surface area contributed by atoms with E-state index in [9.17, 15) is 9.59 Å². The predicted octanol–water partition coefficient (Wildman–Crippen LogP) is 6.64. The summed E-state index contributed by atoms with van der Waals surface area (Å²) in [5.41, 5.74) is 3.19. The maximum absolute atomic E-state index is 13.1. The molecule has 5 heteroatoms. The first-order chi connectivity index (χ1) is 16.0. The summed E-state index contributed by atoms with van der Waals surface area (Å²) in [6.07, 6.45) is 0. The molecule has 2 aliphatic heterocycles. The van der Waals surface area contributed by atoms with Gasteiger partial charge < -0.3 is 14.2 Å². The highest BCUT2D eigenvalue weighted by atomic mass is 16.6. The lowest BCUT2D eigenvalue weighted by Gasteiger charge is -2.37. The van der Waals surface area contributed by atoms with Gasteiger partial charge in [-0.05, 0) is 75.1 Å². The molecule has 0 fully saturated rings. The van der Waals surface area contributed by atoms with Gasteiger partial charge >= 0.3 is 11.9 Å². The molecule has 34 heavy (non-hydrogen) atoms. The number of rotatable bonds is 2. The molecule has 2 heterocycles. The minimum absolute atomic E-state index is 0.286. The summed E-state index contributed by atoms with van der Waals surface area (Å²) in [5, 5.41) is 0. The van der Waals surface area contributed by atoms with E-state index in [2.05, 4.69) is 19.9 Å². The van der Waals surface area contributed by atoms with Crippen LogP contribution in [0.2, 0.25) is 0 Å². The molecular formula is C29H28O5. The van der Waals surface area contributed by atoms with Gasteiger partial charge in [0, 0.05) is 22.8 Å². The Morgan fingerprint density at radius 3 is 2.26 bits per heavy atom. The third kappa shape index (κ3) is 3.30. The van der Waals surface area contributed by atoms with Crippen LogP contribution in [0.15, 0.2) is 54.6 Å². The Balaban J connectivity index is 1.74. The third-order valence-electron chi connectivity index (χ3n) is 6.45. The van der Waals surface area contributed by atoms with E-state index in [1.807, 2.05) is 43.3 Å². The standard InChI is InChI=1S/C29H28O5/c1-16(2)18-8-10-20-23(14-18)29(34-26(20)30)21-11-7-17(3)13-24(21)33-25-15-19(9-12-22(25)29)32-27(31)28(4,5)6/h7-16H,1-6H3. The molecule has 2 aliphatic rings. The Labute approximate surface area is 199 Å². The topological polar surface area (TPSA) is 61.8 Å². The number of carbonyl (C=O) groups excluding carboxylic acids is 2. The second kappa shape index (κ2) is 7.45. The molecule has 1 atom stereocenters. The van der Waals surface area contributed by atoms with Crippen molar-refractivity contribution in [3.05, 3.63) is 88.0 Å². The minimum Gasteiger partial charge on any atom is -0.456 e. The van der Waals surface area contributed by atoms with E-state index < -0.39 is 11.0 Å². The first-order valence-electron chi connectivity index (χ1n) is 11.5. The molecule has 0 saturated carbocycles. The summed E-state index contributed by atoms with van der Waals surface area (Å²) < 4.78 is 18.2. The fourth-order valence-electron chi connectivity index (χ4n) is 4.51. The average molecular weight is 457 g/mol. The van der Waals surface area contributed by atoms with Gasteiger partial charge in [0.15, 0.2) is 5.60 Å². The van der Waals surface area contributed by atoms with Crippen LogP contribution >= 0.6 is 0 Å². The number of carbonyl (C=O) groups is 2. The van der Waals surface area contributed by atoms with Crippen LogP contribution in [0.4, 0.5) is 0 Å². The molecule has 174 valence electrons. The molecular weight excluding hydrogens is 428 g/mol. The van der Waals surface area contributed by atoms with Crippen LogP contribution in [0.1, 0.15) is 78.7 Å². The normalized spacial score (nSPS) is 18.1. The Kier molecular flexibility index (Phi) is 4.87. The minimum atomic E-state index is -1.14. The quantitative estimate of drug-likeness (QED) is 0.320. The lowest BCUT2D eigenvalue weighted by Crippen LogP contribution is -2.33. The van der Waals surface area contributed by atoms with E-state index in [1.54, 1.807) is 32.9 Å². The monoisotopic (exact) mass is 456 g/mol. The van der Waals surface area contributed by atoms with E-state index in [4.69, 9.17) is 14.2 Å².